The summed E-state index contributed by atoms with van der Waals surface area (Å²) in [6, 6.07) is 12.7. The van der Waals surface area contributed by atoms with Gasteiger partial charge in [-0.2, -0.15) is 0 Å². The zero-order chi connectivity index (χ0) is 16.5. The van der Waals surface area contributed by atoms with Gasteiger partial charge >= 0.3 is 0 Å². The summed E-state index contributed by atoms with van der Waals surface area (Å²) in [5.74, 6) is 0.903. The number of hydrogen-bond donors (Lipinski definition) is 1. The molecule has 4 rings (SSSR count). The Morgan fingerprint density at radius 1 is 1.21 bits per heavy atom. The summed E-state index contributed by atoms with van der Waals surface area (Å²) in [6.07, 6.45) is 6.16. The van der Waals surface area contributed by atoms with Crippen molar-refractivity contribution in [3.05, 3.63) is 58.2 Å². The summed E-state index contributed by atoms with van der Waals surface area (Å²) in [6.45, 7) is 0.809. The number of likely N-dealkylation sites (tertiary alicyclic amines) is 1. The monoisotopic (exact) mass is 385 g/mol. The molecule has 1 aromatic heterocycles. The highest BCUT2D eigenvalue weighted by molar-refractivity contribution is 9.10. The maximum atomic E-state index is 13.0. The first-order valence-electron chi connectivity index (χ1n) is 8.50. The number of aromatic nitrogens is 1. The molecule has 124 valence electrons. The third kappa shape index (κ3) is 3.31. The minimum Gasteiger partial charge on any atom is -0.367 e. The average molecular weight is 386 g/mol. The van der Waals surface area contributed by atoms with Gasteiger partial charge in [0.05, 0.1) is 6.04 Å². The van der Waals surface area contributed by atoms with Crippen LogP contribution < -0.4 is 5.32 Å². The van der Waals surface area contributed by atoms with E-state index < -0.39 is 0 Å². The maximum Gasteiger partial charge on any atom is 0.254 e. The van der Waals surface area contributed by atoms with Crippen molar-refractivity contribution in [1.82, 2.24) is 9.88 Å². The normalized spacial score (nSPS) is 20.2. The lowest BCUT2D eigenvalue weighted by Gasteiger charge is -2.25. The van der Waals surface area contributed by atoms with E-state index in [1.165, 1.54) is 18.4 Å². The van der Waals surface area contributed by atoms with Crippen molar-refractivity contribution >= 4 is 27.7 Å². The molecule has 2 heterocycles. The molecule has 2 aliphatic rings. The number of nitrogens with zero attached hydrogens (tertiary/aromatic N) is 2. The van der Waals surface area contributed by atoms with Crippen LogP contribution in [0.3, 0.4) is 0 Å². The van der Waals surface area contributed by atoms with E-state index in [2.05, 4.69) is 38.4 Å². The van der Waals surface area contributed by atoms with Crippen LogP contribution in [0.5, 0.6) is 0 Å². The van der Waals surface area contributed by atoms with E-state index in [0.717, 1.165) is 35.2 Å². The van der Waals surface area contributed by atoms with Gasteiger partial charge < -0.3 is 10.2 Å². The predicted octanol–water partition coefficient (Wildman–Crippen LogP) is 4.40. The lowest BCUT2D eigenvalue weighted by Crippen LogP contribution is -2.30. The second-order valence-corrected chi connectivity index (χ2v) is 7.48. The number of benzene rings is 1. The summed E-state index contributed by atoms with van der Waals surface area (Å²) in [5, 5.41) is 3.36. The molecule has 1 atom stereocenters. The molecule has 1 saturated heterocycles. The molecule has 1 saturated carbocycles. The van der Waals surface area contributed by atoms with Crippen LogP contribution in [0.4, 0.5) is 5.82 Å². The zero-order valence-electron chi connectivity index (χ0n) is 13.4. The first-order chi connectivity index (χ1) is 11.7. The number of pyridine rings is 1. The van der Waals surface area contributed by atoms with Crippen LogP contribution in [0.15, 0.2) is 47.1 Å². The maximum absolute atomic E-state index is 13.0. The summed E-state index contributed by atoms with van der Waals surface area (Å²) < 4.78 is 1.05. The van der Waals surface area contributed by atoms with Crippen LogP contribution in [0, 0.1) is 0 Å². The zero-order valence-corrected chi connectivity index (χ0v) is 15.0. The first kappa shape index (κ1) is 15.6. The highest BCUT2D eigenvalue weighted by Crippen LogP contribution is 2.34. The van der Waals surface area contributed by atoms with Crippen molar-refractivity contribution in [1.29, 1.82) is 0 Å². The highest BCUT2D eigenvalue weighted by atomic mass is 79.9. The second-order valence-electron chi connectivity index (χ2n) is 6.56. The Morgan fingerprint density at radius 3 is 2.88 bits per heavy atom. The number of anilines is 1. The van der Waals surface area contributed by atoms with Crippen LogP contribution in [0.1, 0.15) is 47.6 Å². The van der Waals surface area contributed by atoms with Crippen LogP contribution in [-0.2, 0) is 0 Å². The predicted molar refractivity (Wildman–Crippen MR) is 98.0 cm³/mol. The molecule has 2 aromatic rings. The number of rotatable bonds is 4. The SMILES string of the molecule is O=C(c1ccnc(NC2CC2)c1)N1CCC[C@H]1c1cccc(Br)c1. The van der Waals surface area contributed by atoms with E-state index in [9.17, 15) is 4.79 Å². The number of carbonyl (C=O) groups excluding carboxylic acids is 1. The van der Waals surface area contributed by atoms with Crippen molar-refractivity contribution < 1.29 is 4.79 Å². The van der Waals surface area contributed by atoms with Crippen LogP contribution in [0.2, 0.25) is 0 Å². The number of amides is 1. The topological polar surface area (TPSA) is 45.2 Å². The van der Waals surface area contributed by atoms with Crippen molar-refractivity contribution in [2.75, 3.05) is 11.9 Å². The van der Waals surface area contributed by atoms with Crippen molar-refractivity contribution in [3.8, 4) is 0 Å². The standard InChI is InChI=1S/C19H20BrN3O/c20-15-4-1-3-13(11-15)17-5-2-10-23(17)19(24)14-8-9-21-18(12-14)22-16-6-7-16/h1,3-4,8-9,11-12,16-17H,2,5-7,10H2,(H,21,22)/t17-/m0/s1. The lowest BCUT2D eigenvalue weighted by molar-refractivity contribution is 0.0735. The van der Waals surface area contributed by atoms with Crippen molar-refractivity contribution in [2.45, 2.75) is 37.8 Å². The molecule has 2 fully saturated rings. The molecule has 0 unspecified atom stereocenters. The smallest absolute Gasteiger partial charge is 0.254 e. The van der Waals surface area contributed by atoms with Gasteiger partial charge in [-0.1, -0.05) is 28.1 Å². The molecular weight excluding hydrogens is 366 g/mol. The Balaban J connectivity index is 1.56. The quantitative estimate of drug-likeness (QED) is 0.848. The van der Waals surface area contributed by atoms with Crippen LogP contribution in [0.25, 0.3) is 0 Å². The molecule has 0 spiro atoms. The van der Waals surface area contributed by atoms with Crippen molar-refractivity contribution in [3.63, 3.8) is 0 Å². The van der Waals surface area contributed by atoms with E-state index in [1.54, 1.807) is 6.20 Å². The first-order valence-corrected chi connectivity index (χ1v) is 9.29. The molecule has 1 aliphatic carbocycles. The van der Waals surface area contributed by atoms with E-state index >= 15 is 0 Å². The fourth-order valence-electron chi connectivity index (χ4n) is 3.32. The fourth-order valence-corrected chi connectivity index (χ4v) is 3.73. The molecule has 5 heteroatoms. The number of halogens is 1. The van der Waals surface area contributed by atoms with Gasteiger partial charge in [0, 0.05) is 28.8 Å². The summed E-state index contributed by atoms with van der Waals surface area (Å²) >= 11 is 3.53. The molecule has 1 aliphatic heterocycles. The molecule has 0 radical (unpaired) electrons. The van der Waals surface area contributed by atoms with Gasteiger partial charge in [-0.05, 0) is 55.5 Å². The van der Waals surface area contributed by atoms with E-state index in [1.807, 2.05) is 29.2 Å². The second kappa shape index (κ2) is 6.55. The van der Waals surface area contributed by atoms with E-state index in [-0.39, 0.29) is 11.9 Å². The Hall–Kier alpha value is -1.88. The molecule has 24 heavy (non-hydrogen) atoms. The van der Waals surface area contributed by atoms with Crippen LogP contribution in [-0.4, -0.2) is 28.4 Å². The van der Waals surface area contributed by atoms with Crippen molar-refractivity contribution in [2.24, 2.45) is 0 Å². The van der Waals surface area contributed by atoms with Gasteiger partial charge in [0.25, 0.3) is 5.91 Å². The number of hydrogen-bond acceptors (Lipinski definition) is 3. The summed E-state index contributed by atoms with van der Waals surface area (Å²) in [5.41, 5.74) is 1.91. The molecule has 1 aromatic carbocycles. The third-order valence-electron chi connectivity index (χ3n) is 4.68. The van der Waals surface area contributed by atoms with Gasteiger partial charge in [-0.3, -0.25) is 4.79 Å². The van der Waals surface area contributed by atoms with Crippen LogP contribution >= 0.6 is 15.9 Å². The Morgan fingerprint density at radius 2 is 2.08 bits per heavy atom. The third-order valence-corrected chi connectivity index (χ3v) is 5.18. The van der Waals surface area contributed by atoms with Gasteiger partial charge in [0.2, 0.25) is 0 Å². The largest absolute Gasteiger partial charge is 0.367 e. The molecular formula is C19H20BrN3O. The van der Waals surface area contributed by atoms with E-state index in [0.29, 0.717) is 6.04 Å². The lowest BCUT2D eigenvalue weighted by atomic mass is 10.0. The Labute approximate surface area is 150 Å². The average Bonchev–Trinajstić information content (AvgIpc) is 3.26. The number of carbonyl (C=O) groups is 1. The minimum absolute atomic E-state index is 0.0960. The fraction of sp³-hybridized carbons (Fsp3) is 0.368. The molecule has 1 amide bonds. The molecule has 0 bridgehead atoms. The summed E-state index contributed by atoms with van der Waals surface area (Å²) in [7, 11) is 0. The summed E-state index contributed by atoms with van der Waals surface area (Å²) in [4.78, 5) is 19.4. The molecule has 1 N–H and O–H groups in total. The Kier molecular flexibility index (Phi) is 4.27. The van der Waals surface area contributed by atoms with Gasteiger partial charge in [-0.25, -0.2) is 4.98 Å². The minimum atomic E-state index is 0.0960. The molecule has 4 nitrogen and oxygen atoms in total. The van der Waals surface area contributed by atoms with Gasteiger partial charge in [-0.15, -0.1) is 0 Å². The highest BCUT2D eigenvalue weighted by Gasteiger charge is 2.31. The van der Waals surface area contributed by atoms with E-state index in [4.69, 9.17) is 0 Å². The number of nitrogens with one attached hydrogen (secondary N) is 1. The van der Waals surface area contributed by atoms with Gasteiger partial charge in [0.1, 0.15) is 5.82 Å². The Bertz CT molecular complexity index is 760. The van der Waals surface area contributed by atoms with Gasteiger partial charge in [0.15, 0.2) is 0 Å².